The van der Waals surface area contributed by atoms with Gasteiger partial charge in [-0.3, -0.25) is 14.4 Å². The second-order valence-corrected chi connectivity index (χ2v) is 12.5. The summed E-state index contributed by atoms with van der Waals surface area (Å²) in [6, 6.07) is 11.4. The fourth-order valence-corrected chi connectivity index (χ4v) is 7.49. The molecule has 210 valence electrons. The molecule has 2 fully saturated rings. The number of anilines is 1. The first-order valence-electron chi connectivity index (χ1n) is 13.6. The number of nitrogens with zero attached hydrogens (tertiary/aromatic N) is 4. The summed E-state index contributed by atoms with van der Waals surface area (Å²) in [5.74, 6) is 0.710. The van der Waals surface area contributed by atoms with E-state index >= 15 is 0 Å². The van der Waals surface area contributed by atoms with Crippen molar-refractivity contribution >= 4 is 32.5 Å². The molecule has 0 bridgehead atoms. The predicted molar refractivity (Wildman–Crippen MR) is 154 cm³/mol. The number of fused-ring (bicyclic) bond motifs is 1. The Labute approximate surface area is 231 Å². The minimum atomic E-state index is -3.82. The van der Waals surface area contributed by atoms with Crippen LogP contribution >= 0.6 is 0 Å². The van der Waals surface area contributed by atoms with E-state index in [1.807, 2.05) is 27.8 Å². The number of sulfonamides is 1. The van der Waals surface area contributed by atoms with Crippen LogP contribution in [-0.2, 0) is 21.4 Å². The Balaban J connectivity index is 1.26. The van der Waals surface area contributed by atoms with Gasteiger partial charge < -0.3 is 19.1 Å². The fraction of sp³-hybridized carbons (Fsp3) is 0.483. The van der Waals surface area contributed by atoms with Crippen molar-refractivity contribution in [1.82, 2.24) is 19.3 Å². The lowest BCUT2D eigenvalue weighted by Gasteiger charge is -2.42. The highest BCUT2D eigenvalue weighted by molar-refractivity contribution is 7.92. The summed E-state index contributed by atoms with van der Waals surface area (Å²) in [6.07, 6.45) is 4.29. The van der Waals surface area contributed by atoms with Crippen molar-refractivity contribution in [2.45, 2.75) is 44.2 Å². The summed E-state index contributed by atoms with van der Waals surface area (Å²) >= 11 is 0. The SMILES string of the molecule is COc1cc(C)c(S(=O)(=O)Nc2ccc3ccn(CC(=O)N4CCN(C5CCN(C)CC5)CC4)c3c2)c(C)c1. The minimum absolute atomic E-state index is 0.0889. The molecule has 5 rings (SSSR count). The first-order valence-corrected chi connectivity index (χ1v) is 15.1. The van der Waals surface area contributed by atoms with Crippen LogP contribution in [0.5, 0.6) is 5.75 Å². The average molecular weight is 554 g/mol. The van der Waals surface area contributed by atoms with Crippen LogP contribution in [0, 0.1) is 13.8 Å². The smallest absolute Gasteiger partial charge is 0.262 e. The van der Waals surface area contributed by atoms with E-state index in [2.05, 4.69) is 21.6 Å². The number of rotatable bonds is 7. The molecular weight excluding hydrogens is 514 g/mol. The number of aromatic nitrogens is 1. The molecule has 2 aromatic carbocycles. The van der Waals surface area contributed by atoms with Gasteiger partial charge in [-0.2, -0.15) is 0 Å². The van der Waals surface area contributed by atoms with Crippen LogP contribution in [0.25, 0.3) is 10.9 Å². The van der Waals surface area contributed by atoms with Gasteiger partial charge in [-0.25, -0.2) is 8.42 Å². The van der Waals surface area contributed by atoms with Crippen molar-refractivity contribution in [2.75, 3.05) is 58.1 Å². The van der Waals surface area contributed by atoms with E-state index < -0.39 is 10.0 Å². The van der Waals surface area contributed by atoms with E-state index in [-0.39, 0.29) is 17.3 Å². The molecule has 2 aliphatic rings. The van der Waals surface area contributed by atoms with Gasteiger partial charge in [0.15, 0.2) is 0 Å². The highest BCUT2D eigenvalue weighted by Crippen LogP contribution is 2.29. The Morgan fingerprint density at radius 1 is 0.974 bits per heavy atom. The Hall–Kier alpha value is -3.08. The van der Waals surface area contributed by atoms with Crippen LogP contribution in [0.4, 0.5) is 5.69 Å². The van der Waals surface area contributed by atoms with Crippen LogP contribution in [-0.4, -0.2) is 93.1 Å². The van der Waals surface area contributed by atoms with E-state index in [4.69, 9.17) is 4.74 Å². The lowest BCUT2D eigenvalue weighted by molar-refractivity contribution is -0.134. The molecule has 0 atom stereocenters. The lowest BCUT2D eigenvalue weighted by atomic mass is 10.0. The Morgan fingerprint density at radius 2 is 1.64 bits per heavy atom. The van der Waals surface area contributed by atoms with Gasteiger partial charge in [0.1, 0.15) is 12.3 Å². The molecular formula is C29H39N5O4S. The largest absolute Gasteiger partial charge is 0.497 e. The monoisotopic (exact) mass is 553 g/mol. The quantitative estimate of drug-likeness (QED) is 0.483. The number of likely N-dealkylation sites (tertiary alicyclic amines) is 1. The van der Waals surface area contributed by atoms with E-state index in [1.165, 1.54) is 12.8 Å². The molecule has 1 N–H and O–H groups in total. The number of ether oxygens (including phenoxy) is 1. The van der Waals surface area contributed by atoms with Crippen molar-refractivity contribution in [3.05, 3.63) is 53.7 Å². The minimum Gasteiger partial charge on any atom is -0.497 e. The van der Waals surface area contributed by atoms with Gasteiger partial charge in [0, 0.05) is 38.4 Å². The van der Waals surface area contributed by atoms with E-state index in [1.54, 1.807) is 45.2 Å². The summed E-state index contributed by atoms with van der Waals surface area (Å²) in [5.41, 5.74) is 2.50. The fourth-order valence-electron chi connectivity index (χ4n) is 5.99. The number of benzene rings is 2. The molecule has 39 heavy (non-hydrogen) atoms. The Kier molecular flexibility index (Phi) is 7.89. The summed E-state index contributed by atoms with van der Waals surface area (Å²) in [7, 11) is -0.0788. The zero-order valence-corrected chi connectivity index (χ0v) is 24.1. The van der Waals surface area contributed by atoms with Crippen LogP contribution in [0.15, 0.2) is 47.5 Å². The van der Waals surface area contributed by atoms with Gasteiger partial charge in [0.2, 0.25) is 5.91 Å². The third-order valence-electron chi connectivity index (χ3n) is 8.14. The number of hydrogen-bond donors (Lipinski definition) is 1. The van der Waals surface area contributed by atoms with Gasteiger partial charge in [0.05, 0.1) is 23.2 Å². The Morgan fingerprint density at radius 3 is 2.28 bits per heavy atom. The standard InChI is InChI=1S/C29H39N5O4S/c1-21-17-26(38-4)18-22(2)29(21)39(36,37)30-24-6-5-23-7-12-34(27(23)19-24)20-28(35)33-15-13-32(14-16-33)25-8-10-31(3)11-9-25/h5-7,12,17-19,25,30H,8-11,13-16,20H2,1-4H3. The van der Waals surface area contributed by atoms with Crippen molar-refractivity contribution in [3.63, 3.8) is 0 Å². The molecule has 0 spiro atoms. The van der Waals surface area contributed by atoms with Crippen LogP contribution in [0.3, 0.4) is 0 Å². The molecule has 0 saturated carbocycles. The highest BCUT2D eigenvalue weighted by Gasteiger charge is 2.28. The number of carbonyl (C=O) groups is 1. The topological polar surface area (TPSA) is 87.1 Å². The van der Waals surface area contributed by atoms with Crippen LogP contribution in [0.1, 0.15) is 24.0 Å². The van der Waals surface area contributed by atoms with Gasteiger partial charge in [-0.1, -0.05) is 6.07 Å². The number of piperidine rings is 1. The average Bonchev–Trinajstić information content (AvgIpc) is 3.30. The number of piperazine rings is 1. The maximum Gasteiger partial charge on any atom is 0.262 e. The summed E-state index contributed by atoms with van der Waals surface area (Å²) < 4.78 is 36.5. The molecule has 1 aromatic heterocycles. The molecule has 1 amide bonds. The van der Waals surface area contributed by atoms with Gasteiger partial charge in [-0.15, -0.1) is 0 Å². The third-order valence-corrected chi connectivity index (χ3v) is 9.83. The molecule has 9 nitrogen and oxygen atoms in total. The van der Waals surface area contributed by atoms with Gasteiger partial charge >= 0.3 is 0 Å². The van der Waals surface area contributed by atoms with E-state index in [0.29, 0.717) is 28.6 Å². The number of amides is 1. The summed E-state index contributed by atoms with van der Waals surface area (Å²) in [6.45, 7) is 9.36. The number of carbonyl (C=O) groups excluding carboxylic acids is 1. The summed E-state index contributed by atoms with van der Waals surface area (Å²) in [4.78, 5) is 20.4. The third kappa shape index (κ3) is 5.92. The number of aryl methyl sites for hydroxylation is 2. The van der Waals surface area contributed by atoms with Crippen molar-refractivity contribution in [1.29, 1.82) is 0 Å². The first-order chi connectivity index (χ1) is 18.6. The maximum absolute atomic E-state index is 13.3. The second kappa shape index (κ2) is 11.2. The van der Waals surface area contributed by atoms with Crippen molar-refractivity contribution < 1.29 is 17.9 Å². The molecule has 3 heterocycles. The molecule has 0 radical (unpaired) electrons. The maximum atomic E-state index is 13.3. The zero-order chi connectivity index (χ0) is 27.7. The van der Waals surface area contributed by atoms with Crippen LogP contribution < -0.4 is 9.46 Å². The highest BCUT2D eigenvalue weighted by atomic mass is 32.2. The van der Waals surface area contributed by atoms with E-state index in [9.17, 15) is 13.2 Å². The Bertz CT molecular complexity index is 1430. The molecule has 0 unspecified atom stereocenters. The molecule has 10 heteroatoms. The normalized spacial score (nSPS) is 18.0. The number of methoxy groups -OCH3 is 1. The second-order valence-electron chi connectivity index (χ2n) is 10.9. The van der Waals surface area contributed by atoms with Crippen LogP contribution in [0.2, 0.25) is 0 Å². The zero-order valence-electron chi connectivity index (χ0n) is 23.3. The number of hydrogen-bond acceptors (Lipinski definition) is 6. The van der Waals surface area contributed by atoms with Crippen molar-refractivity contribution in [3.8, 4) is 5.75 Å². The molecule has 2 aliphatic heterocycles. The first kappa shape index (κ1) is 27.5. The predicted octanol–water partition coefficient (Wildman–Crippen LogP) is 3.31. The summed E-state index contributed by atoms with van der Waals surface area (Å²) in [5, 5.41) is 0.953. The number of nitrogens with one attached hydrogen (secondary N) is 1. The molecule has 3 aromatic rings. The molecule has 0 aliphatic carbocycles. The van der Waals surface area contributed by atoms with Gasteiger partial charge in [-0.05, 0) is 93.7 Å². The molecule has 2 saturated heterocycles. The van der Waals surface area contributed by atoms with Gasteiger partial charge in [0.25, 0.3) is 10.0 Å². The van der Waals surface area contributed by atoms with Crippen molar-refractivity contribution in [2.24, 2.45) is 0 Å². The van der Waals surface area contributed by atoms with E-state index in [0.717, 1.165) is 50.2 Å². The lowest BCUT2D eigenvalue weighted by Crippen LogP contribution is -2.54.